The molecule has 1 aliphatic carbocycles. The van der Waals surface area contributed by atoms with Crippen LogP contribution < -0.4 is 5.32 Å². The van der Waals surface area contributed by atoms with E-state index in [0.29, 0.717) is 11.9 Å². The van der Waals surface area contributed by atoms with Gasteiger partial charge in [-0.05, 0) is 24.7 Å². The molecule has 1 N–H and O–H groups in total. The molecule has 106 valence electrons. The van der Waals surface area contributed by atoms with Crippen molar-refractivity contribution in [3.05, 3.63) is 0 Å². The standard InChI is InChI=1S/C12H22BrNO3S/c1-2-7-14-11(15)8-18(16,17)10-12(9-13)5-3-4-6-12/h2-10H2,1H3,(H,14,15). The summed E-state index contributed by atoms with van der Waals surface area (Å²) in [6.07, 6.45) is 4.87. The van der Waals surface area contributed by atoms with Crippen molar-refractivity contribution in [2.24, 2.45) is 5.41 Å². The molecule has 18 heavy (non-hydrogen) atoms. The molecular weight excluding hydrogens is 318 g/mol. The van der Waals surface area contributed by atoms with E-state index in [1.165, 1.54) is 0 Å². The Kier molecular flexibility index (Phi) is 6.11. The first kappa shape index (κ1) is 16.0. The van der Waals surface area contributed by atoms with Gasteiger partial charge in [0.15, 0.2) is 9.84 Å². The highest BCUT2D eigenvalue weighted by atomic mass is 79.9. The average Bonchev–Trinajstić information content (AvgIpc) is 2.74. The van der Waals surface area contributed by atoms with Gasteiger partial charge in [-0.25, -0.2) is 8.42 Å². The lowest BCUT2D eigenvalue weighted by atomic mass is 9.92. The van der Waals surface area contributed by atoms with Crippen LogP contribution in [-0.4, -0.2) is 37.7 Å². The van der Waals surface area contributed by atoms with E-state index in [9.17, 15) is 13.2 Å². The second-order valence-corrected chi connectivity index (χ2v) is 7.85. The van der Waals surface area contributed by atoms with Gasteiger partial charge in [-0.1, -0.05) is 35.7 Å². The van der Waals surface area contributed by atoms with Gasteiger partial charge < -0.3 is 5.32 Å². The zero-order chi connectivity index (χ0) is 13.6. The van der Waals surface area contributed by atoms with Crippen molar-refractivity contribution < 1.29 is 13.2 Å². The van der Waals surface area contributed by atoms with Gasteiger partial charge in [0.25, 0.3) is 0 Å². The van der Waals surface area contributed by atoms with Crippen LogP contribution >= 0.6 is 15.9 Å². The Hall–Kier alpha value is -0.100. The maximum atomic E-state index is 12.0. The molecule has 1 saturated carbocycles. The summed E-state index contributed by atoms with van der Waals surface area (Å²) in [5.41, 5.74) is -0.149. The van der Waals surface area contributed by atoms with Crippen LogP contribution in [0.15, 0.2) is 0 Å². The molecule has 6 heteroatoms. The largest absolute Gasteiger partial charge is 0.355 e. The van der Waals surface area contributed by atoms with Crippen molar-refractivity contribution in [3.8, 4) is 0 Å². The molecule has 0 bridgehead atoms. The zero-order valence-corrected chi connectivity index (χ0v) is 13.3. The number of sulfone groups is 1. The third-order valence-electron chi connectivity index (χ3n) is 3.40. The maximum Gasteiger partial charge on any atom is 0.235 e. The summed E-state index contributed by atoms with van der Waals surface area (Å²) in [7, 11) is -3.31. The van der Waals surface area contributed by atoms with Crippen LogP contribution in [0.5, 0.6) is 0 Å². The Morgan fingerprint density at radius 1 is 1.33 bits per heavy atom. The highest BCUT2D eigenvalue weighted by molar-refractivity contribution is 9.09. The normalized spacial score (nSPS) is 18.8. The molecule has 1 aliphatic rings. The molecule has 0 aromatic heterocycles. The van der Waals surface area contributed by atoms with E-state index in [4.69, 9.17) is 0 Å². The number of halogens is 1. The van der Waals surface area contributed by atoms with Crippen molar-refractivity contribution in [1.82, 2.24) is 5.32 Å². The van der Waals surface area contributed by atoms with Gasteiger partial charge in [-0.2, -0.15) is 0 Å². The van der Waals surface area contributed by atoms with Crippen LogP contribution in [0.1, 0.15) is 39.0 Å². The molecule has 0 aromatic rings. The average molecular weight is 340 g/mol. The van der Waals surface area contributed by atoms with Crippen molar-refractivity contribution in [3.63, 3.8) is 0 Å². The summed E-state index contributed by atoms with van der Waals surface area (Å²) >= 11 is 3.43. The molecule has 0 atom stereocenters. The van der Waals surface area contributed by atoms with Crippen LogP contribution in [0.3, 0.4) is 0 Å². The molecule has 0 heterocycles. The van der Waals surface area contributed by atoms with Crippen molar-refractivity contribution in [2.45, 2.75) is 39.0 Å². The number of carbonyl (C=O) groups is 1. The molecule has 0 aliphatic heterocycles. The molecule has 1 rings (SSSR count). The number of hydrogen-bond donors (Lipinski definition) is 1. The maximum absolute atomic E-state index is 12.0. The highest BCUT2D eigenvalue weighted by Gasteiger charge is 2.37. The lowest BCUT2D eigenvalue weighted by Gasteiger charge is -2.25. The van der Waals surface area contributed by atoms with E-state index in [1.807, 2.05) is 6.92 Å². The summed E-state index contributed by atoms with van der Waals surface area (Å²) in [5, 5.41) is 3.32. The van der Waals surface area contributed by atoms with Crippen molar-refractivity contribution in [2.75, 3.05) is 23.4 Å². The second-order valence-electron chi connectivity index (χ2n) is 5.22. The first-order chi connectivity index (χ1) is 8.43. The topological polar surface area (TPSA) is 63.2 Å². The fraction of sp³-hybridized carbons (Fsp3) is 0.917. The number of carbonyl (C=O) groups excluding carboxylic acids is 1. The third kappa shape index (κ3) is 4.88. The zero-order valence-electron chi connectivity index (χ0n) is 10.9. The van der Waals surface area contributed by atoms with Gasteiger partial charge in [-0.3, -0.25) is 4.79 Å². The molecule has 4 nitrogen and oxygen atoms in total. The van der Waals surface area contributed by atoms with E-state index in [-0.39, 0.29) is 22.8 Å². The number of rotatable bonds is 7. The SMILES string of the molecule is CCCNC(=O)CS(=O)(=O)CC1(CBr)CCCC1. The summed E-state index contributed by atoms with van der Waals surface area (Å²) in [6, 6.07) is 0. The Balaban J connectivity index is 2.56. The minimum Gasteiger partial charge on any atom is -0.355 e. The van der Waals surface area contributed by atoms with Gasteiger partial charge in [0.05, 0.1) is 5.75 Å². The quantitative estimate of drug-likeness (QED) is 0.720. The lowest BCUT2D eigenvalue weighted by molar-refractivity contribution is -0.118. The number of amides is 1. The van der Waals surface area contributed by atoms with Crippen molar-refractivity contribution in [1.29, 1.82) is 0 Å². The smallest absolute Gasteiger partial charge is 0.235 e. The first-order valence-corrected chi connectivity index (χ1v) is 9.40. The van der Waals surface area contributed by atoms with Gasteiger partial charge in [0.1, 0.15) is 5.75 Å². The van der Waals surface area contributed by atoms with Gasteiger partial charge in [-0.15, -0.1) is 0 Å². The van der Waals surface area contributed by atoms with E-state index in [2.05, 4.69) is 21.2 Å². The van der Waals surface area contributed by atoms with Crippen LogP contribution in [0.2, 0.25) is 0 Å². The van der Waals surface area contributed by atoms with Gasteiger partial charge in [0, 0.05) is 11.9 Å². The van der Waals surface area contributed by atoms with Crippen LogP contribution in [-0.2, 0) is 14.6 Å². The predicted octanol–water partition coefficient (Wildman–Crippen LogP) is 1.88. The van der Waals surface area contributed by atoms with E-state index >= 15 is 0 Å². The van der Waals surface area contributed by atoms with Crippen LogP contribution in [0.25, 0.3) is 0 Å². The van der Waals surface area contributed by atoms with Gasteiger partial charge in [0.2, 0.25) is 5.91 Å². The number of hydrogen-bond acceptors (Lipinski definition) is 3. The lowest BCUT2D eigenvalue weighted by Crippen LogP contribution is -2.36. The molecule has 1 amide bonds. The summed E-state index contributed by atoms with van der Waals surface area (Å²) in [5.74, 6) is -0.619. The van der Waals surface area contributed by atoms with Crippen LogP contribution in [0.4, 0.5) is 0 Å². The molecule has 0 spiro atoms. The first-order valence-electron chi connectivity index (χ1n) is 6.46. The Morgan fingerprint density at radius 3 is 2.44 bits per heavy atom. The molecule has 0 aromatic carbocycles. The fourth-order valence-electron chi connectivity index (χ4n) is 2.47. The minimum atomic E-state index is -3.31. The molecule has 0 radical (unpaired) electrons. The van der Waals surface area contributed by atoms with E-state index in [1.54, 1.807) is 0 Å². The second kappa shape index (κ2) is 6.89. The van der Waals surface area contributed by atoms with E-state index in [0.717, 1.165) is 32.1 Å². The molecular formula is C12H22BrNO3S. The Labute approximate surface area is 118 Å². The molecule has 1 fully saturated rings. The number of nitrogens with one attached hydrogen (secondary N) is 1. The highest BCUT2D eigenvalue weighted by Crippen LogP contribution is 2.40. The fourth-order valence-corrected chi connectivity index (χ4v) is 5.42. The van der Waals surface area contributed by atoms with Crippen molar-refractivity contribution >= 4 is 31.7 Å². The minimum absolute atomic E-state index is 0.130. The van der Waals surface area contributed by atoms with Gasteiger partial charge >= 0.3 is 0 Å². The summed E-state index contributed by atoms with van der Waals surface area (Å²) in [6.45, 7) is 2.48. The molecule has 0 unspecified atom stereocenters. The van der Waals surface area contributed by atoms with E-state index < -0.39 is 9.84 Å². The monoisotopic (exact) mass is 339 g/mol. The Morgan fingerprint density at radius 2 is 1.94 bits per heavy atom. The number of alkyl halides is 1. The third-order valence-corrected chi connectivity index (χ3v) is 6.34. The predicted molar refractivity (Wildman–Crippen MR) is 76.6 cm³/mol. The van der Waals surface area contributed by atoms with Crippen LogP contribution in [0, 0.1) is 5.41 Å². The summed E-state index contributed by atoms with van der Waals surface area (Å²) < 4.78 is 24.1. The Bertz CT molecular complexity index is 375. The molecule has 0 saturated heterocycles. The summed E-state index contributed by atoms with van der Waals surface area (Å²) in [4.78, 5) is 11.5.